The van der Waals surface area contributed by atoms with Crippen LogP contribution < -0.4 is 4.74 Å². The van der Waals surface area contributed by atoms with Crippen molar-refractivity contribution in [2.24, 2.45) is 0 Å². The standard InChI is InChI=1S/C18H25ClN4O2S/c1-4-23(5-2)17(24)7-6-10-26-18-20-16(21-22-18)12-25-14-8-9-15(19)13(3)11-14/h8-9,11H,4-7,10,12H2,1-3H3,(H,20,21,22). The molecule has 0 aliphatic rings. The Kier molecular flexibility index (Phi) is 8.25. The predicted octanol–water partition coefficient (Wildman–Crippen LogP) is 4.09. The summed E-state index contributed by atoms with van der Waals surface area (Å²) < 4.78 is 5.70. The van der Waals surface area contributed by atoms with Gasteiger partial charge in [-0.25, -0.2) is 4.98 Å². The van der Waals surface area contributed by atoms with Gasteiger partial charge in [0.25, 0.3) is 0 Å². The molecule has 1 heterocycles. The van der Waals surface area contributed by atoms with E-state index in [0.29, 0.717) is 24.0 Å². The Hall–Kier alpha value is -1.73. The number of thioether (sulfide) groups is 1. The van der Waals surface area contributed by atoms with Gasteiger partial charge in [0.05, 0.1) is 0 Å². The Morgan fingerprint density at radius 1 is 1.35 bits per heavy atom. The van der Waals surface area contributed by atoms with Gasteiger partial charge >= 0.3 is 0 Å². The number of hydrogen-bond acceptors (Lipinski definition) is 5. The van der Waals surface area contributed by atoms with Gasteiger partial charge in [-0.15, -0.1) is 5.10 Å². The lowest BCUT2D eigenvalue weighted by molar-refractivity contribution is -0.130. The van der Waals surface area contributed by atoms with Gasteiger partial charge in [0.2, 0.25) is 11.1 Å². The number of rotatable bonds is 10. The second-order valence-electron chi connectivity index (χ2n) is 5.78. The van der Waals surface area contributed by atoms with Crippen molar-refractivity contribution in [1.29, 1.82) is 0 Å². The van der Waals surface area contributed by atoms with E-state index in [1.54, 1.807) is 0 Å². The molecule has 0 spiro atoms. The maximum absolute atomic E-state index is 11.9. The van der Waals surface area contributed by atoms with Crippen molar-refractivity contribution in [2.45, 2.75) is 45.4 Å². The summed E-state index contributed by atoms with van der Waals surface area (Å²) in [6.45, 7) is 7.77. The molecule has 0 saturated heterocycles. The number of carbonyl (C=O) groups excluding carboxylic acids is 1. The highest BCUT2D eigenvalue weighted by Gasteiger charge is 2.10. The monoisotopic (exact) mass is 396 g/mol. The van der Waals surface area contributed by atoms with Gasteiger partial charge in [0.15, 0.2) is 5.82 Å². The molecule has 0 atom stereocenters. The van der Waals surface area contributed by atoms with Crippen molar-refractivity contribution < 1.29 is 9.53 Å². The van der Waals surface area contributed by atoms with Crippen LogP contribution in [0.1, 0.15) is 38.1 Å². The van der Waals surface area contributed by atoms with Crippen LogP contribution in [0.25, 0.3) is 0 Å². The fourth-order valence-corrected chi connectivity index (χ4v) is 3.26. The van der Waals surface area contributed by atoms with Crippen molar-refractivity contribution >= 4 is 29.3 Å². The zero-order valence-corrected chi connectivity index (χ0v) is 17.0. The minimum absolute atomic E-state index is 0.206. The van der Waals surface area contributed by atoms with E-state index in [0.717, 1.165) is 41.6 Å². The minimum atomic E-state index is 0.206. The maximum Gasteiger partial charge on any atom is 0.222 e. The van der Waals surface area contributed by atoms with E-state index in [-0.39, 0.29) is 5.91 Å². The largest absolute Gasteiger partial charge is 0.486 e. The van der Waals surface area contributed by atoms with E-state index >= 15 is 0 Å². The molecule has 1 N–H and O–H groups in total. The van der Waals surface area contributed by atoms with E-state index in [9.17, 15) is 4.79 Å². The summed E-state index contributed by atoms with van der Waals surface area (Å²) in [5, 5.41) is 8.44. The van der Waals surface area contributed by atoms with E-state index in [1.165, 1.54) is 11.8 Å². The number of nitrogens with zero attached hydrogens (tertiary/aromatic N) is 3. The molecule has 0 fully saturated rings. The van der Waals surface area contributed by atoms with Crippen molar-refractivity contribution in [3.8, 4) is 5.75 Å². The average Bonchev–Trinajstić information content (AvgIpc) is 3.08. The summed E-state index contributed by atoms with van der Waals surface area (Å²) in [4.78, 5) is 18.2. The summed E-state index contributed by atoms with van der Waals surface area (Å²) in [5.74, 6) is 2.42. The predicted molar refractivity (Wildman–Crippen MR) is 105 cm³/mol. The van der Waals surface area contributed by atoms with Crippen LogP contribution in [0.5, 0.6) is 5.75 Å². The molecular formula is C18H25ClN4O2S. The first-order valence-corrected chi connectivity index (χ1v) is 10.1. The highest BCUT2D eigenvalue weighted by molar-refractivity contribution is 7.99. The van der Waals surface area contributed by atoms with Gasteiger partial charge in [-0.05, 0) is 51.0 Å². The Balaban J connectivity index is 1.72. The van der Waals surface area contributed by atoms with Crippen LogP contribution in [0.15, 0.2) is 23.4 Å². The molecule has 1 aromatic heterocycles. The molecule has 1 aromatic carbocycles. The third kappa shape index (κ3) is 6.21. The number of aromatic amines is 1. The van der Waals surface area contributed by atoms with E-state index in [1.807, 2.05) is 43.9 Å². The lowest BCUT2D eigenvalue weighted by Crippen LogP contribution is -2.30. The SMILES string of the molecule is CCN(CC)C(=O)CCCSc1n[nH]c(COc2ccc(Cl)c(C)c2)n1. The summed E-state index contributed by atoms with van der Waals surface area (Å²) in [7, 11) is 0. The van der Waals surface area contributed by atoms with Gasteiger partial charge in [-0.3, -0.25) is 9.89 Å². The zero-order valence-electron chi connectivity index (χ0n) is 15.4. The van der Waals surface area contributed by atoms with Crippen molar-refractivity contribution in [1.82, 2.24) is 20.1 Å². The second-order valence-corrected chi connectivity index (χ2v) is 7.25. The van der Waals surface area contributed by atoms with Gasteiger partial charge in [-0.1, -0.05) is 23.4 Å². The number of halogens is 1. The Bertz CT molecular complexity index is 719. The van der Waals surface area contributed by atoms with Gasteiger partial charge < -0.3 is 9.64 Å². The smallest absolute Gasteiger partial charge is 0.222 e. The molecule has 0 radical (unpaired) electrons. The third-order valence-electron chi connectivity index (χ3n) is 3.90. The van der Waals surface area contributed by atoms with Crippen molar-refractivity contribution in [2.75, 3.05) is 18.8 Å². The first-order valence-electron chi connectivity index (χ1n) is 8.74. The number of H-pyrrole nitrogens is 1. The molecule has 8 heteroatoms. The van der Waals surface area contributed by atoms with Gasteiger partial charge in [0.1, 0.15) is 12.4 Å². The molecule has 2 rings (SSSR count). The molecule has 0 bridgehead atoms. The number of hydrogen-bond donors (Lipinski definition) is 1. The first kappa shape index (κ1) is 20.6. The molecule has 2 aromatic rings. The molecule has 6 nitrogen and oxygen atoms in total. The van der Waals surface area contributed by atoms with Crippen molar-refractivity contribution in [3.05, 3.63) is 34.6 Å². The quantitative estimate of drug-likeness (QED) is 0.483. The molecule has 1 amide bonds. The number of ether oxygens (including phenoxy) is 1. The highest BCUT2D eigenvalue weighted by atomic mass is 35.5. The second kappa shape index (κ2) is 10.4. The molecule has 0 saturated carbocycles. The maximum atomic E-state index is 11.9. The van der Waals surface area contributed by atoms with E-state index in [4.69, 9.17) is 16.3 Å². The molecule has 0 aliphatic carbocycles. The van der Waals surface area contributed by atoms with Crippen LogP contribution in [0.4, 0.5) is 0 Å². The Morgan fingerprint density at radius 2 is 2.12 bits per heavy atom. The van der Waals surface area contributed by atoms with Crippen LogP contribution in [-0.2, 0) is 11.4 Å². The number of aryl methyl sites for hydroxylation is 1. The minimum Gasteiger partial charge on any atom is -0.486 e. The summed E-state index contributed by atoms with van der Waals surface area (Å²) >= 11 is 7.54. The third-order valence-corrected chi connectivity index (χ3v) is 5.26. The van der Waals surface area contributed by atoms with Crippen LogP contribution in [0.3, 0.4) is 0 Å². The summed E-state index contributed by atoms with van der Waals surface area (Å²) in [5.41, 5.74) is 0.970. The normalized spacial score (nSPS) is 10.8. The topological polar surface area (TPSA) is 71.1 Å². The summed E-state index contributed by atoms with van der Waals surface area (Å²) in [6, 6.07) is 5.53. The molecule has 142 valence electrons. The first-order chi connectivity index (χ1) is 12.5. The number of benzene rings is 1. The number of aromatic nitrogens is 3. The highest BCUT2D eigenvalue weighted by Crippen LogP contribution is 2.22. The van der Waals surface area contributed by atoms with Crippen LogP contribution in [0, 0.1) is 6.92 Å². The summed E-state index contributed by atoms with van der Waals surface area (Å²) in [6.07, 6.45) is 1.37. The fraction of sp³-hybridized carbons (Fsp3) is 0.500. The number of amides is 1. The van der Waals surface area contributed by atoms with Crippen LogP contribution >= 0.6 is 23.4 Å². The van der Waals surface area contributed by atoms with E-state index < -0.39 is 0 Å². The average molecular weight is 397 g/mol. The number of nitrogens with one attached hydrogen (secondary N) is 1. The zero-order chi connectivity index (χ0) is 18.9. The molecular weight excluding hydrogens is 372 g/mol. The van der Waals surface area contributed by atoms with Crippen LogP contribution in [0.2, 0.25) is 5.02 Å². The molecule has 0 unspecified atom stereocenters. The van der Waals surface area contributed by atoms with Crippen molar-refractivity contribution in [3.63, 3.8) is 0 Å². The van der Waals surface area contributed by atoms with Gasteiger partial charge in [0, 0.05) is 30.3 Å². The lowest BCUT2D eigenvalue weighted by atomic mass is 10.2. The fourth-order valence-electron chi connectivity index (χ4n) is 2.39. The Labute approximate surface area is 163 Å². The molecule has 0 aliphatic heterocycles. The molecule has 26 heavy (non-hydrogen) atoms. The Morgan fingerprint density at radius 3 is 2.81 bits per heavy atom. The van der Waals surface area contributed by atoms with Gasteiger partial charge in [-0.2, -0.15) is 0 Å². The number of carbonyl (C=O) groups is 1. The van der Waals surface area contributed by atoms with E-state index in [2.05, 4.69) is 15.2 Å². The van der Waals surface area contributed by atoms with Crippen LogP contribution in [-0.4, -0.2) is 44.8 Å². The lowest BCUT2D eigenvalue weighted by Gasteiger charge is -2.18.